The molecule has 25 heavy (non-hydrogen) atoms. The molecule has 0 fully saturated rings. The molecule has 0 spiro atoms. The average Bonchev–Trinajstić information content (AvgIpc) is 3.10. The van der Waals surface area contributed by atoms with Gasteiger partial charge in [0, 0.05) is 24.5 Å². The molecule has 2 aromatic heterocycles. The van der Waals surface area contributed by atoms with E-state index in [-0.39, 0.29) is 11.4 Å². The minimum atomic E-state index is -0.498. The van der Waals surface area contributed by atoms with Crippen molar-refractivity contribution in [1.29, 1.82) is 0 Å². The molecule has 0 saturated heterocycles. The van der Waals surface area contributed by atoms with E-state index < -0.39 is 11.5 Å². The van der Waals surface area contributed by atoms with E-state index in [4.69, 9.17) is 4.42 Å². The van der Waals surface area contributed by atoms with Gasteiger partial charge in [-0.3, -0.25) is 9.59 Å². The van der Waals surface area contributed by atoms with Crippen molar-refractivity contribution in [2.75, 3.05) is 23.3 Å². The fourth-order valence-electron chi connectivity index (χ4n) is 2.67. The number of fused-ring (bicyclic) bond motifs is 1. The molecule has 2 heterocycles. The molecule has 130 valence electrons. The van der Waals surface area contributed by atoms with Crippen LogP contribution in [0, 0.1) is 0 Å². The Balaban J connectivity index is 1.78. The molecule has 3 rings (SSSR count). The predicted molar refractivity (Wildman–Crippen MR) is 96.3 cm³/mol. The smallest absolute Gasteiger partial charge is 0.308 e. The van der Waals surface area contributed by atoms with Gasteiger partial charge in [0.2, 0.25) is 0 Å². The van der Waals surface area contributed by atoms with E-state index in [1.165, 1.54) is 23.1 Å². The molecular formula is C18H20N4O3. The predicted octanol–water partition coefficient (Wildman–Crippen LogP) is 2.78. The van der Waals surface area contributed by atoms with Crippen molar-refractivity contribution < 1.29 is 9.21 Å². The first kappa shape index (κ1) is 16.8. The maximum Gasteiger partial charge on any atom is 0.308 e. The number of oxazole rings is 1. The van der Waals surface area contributed by atoms with Crippen molar-refractivity contribution >= 4 is 23.1 Å². The lowest BCUT2D eigenvalue weighted by molar-refractivity contribution is 0.102. The molecule has 1 N–H and O–H groups in total. The monoisotopic (exact) mass is 340 g/mol. The van der Waals surface area contributed by atoms with Gasteiger partial charge in [0.25, 0.3) is 11.5 Å². The minimum absolute atomic E-state index is 0.0378. The summed E-state index contributed by atoms with van der Waals surface area (Å²) in [5.41, 5.74) is 1.22. The standard InChI is InChI=1S/C18H20N4O3/c1-3-9-21(4-2)14-7-5-13(6-8-14)20-16(23)15-12-19-18-22(17(15)24)10-11-25-18/h5-8,10-12H,3-4,9H2,1-2H3,(H,20,23). The summed E-state index contributed by atoms with van der Waals surface area (Å²) in [4.78, 5) is 30.9. The van der Waals surface area contributed by atoms with Gasteiger partial charge in [0.15, 0.2) is 0 Å². The number of aromatic nitrogens is 2. The summed E-state index contributed by atoms with van der Waals surface area (Å²) in [7, 11) is 0. The van der Waals surface area contributed by atoms with E-state index in [1.54, 1.807) is 0 Å². The lowest BCUT2D eigenvalue weighted by Gasteiger charge is -2.22. The lowest BCUT2D eigenvalue weighted by atomic mass is 10.2. The molecular weight excluding hydrogens is 320 g/mol. The van der Waals surface area contributed by atoms with E-state index in [0.29, 0.717) is 5.69 Å². The van der Waals surface area contributed by atoms with Gasteiger partial charge in [-0.25, -0.2) is 9.38 Å². The molecule has 7 heteroatoms. The largest absolute Gasteiger partial charge is 0.432 e. The van der Waals surface area contributed by atoms with Gasteiger partial charge in [-0.05, 0) is 37.6 Å². The summed E-state index contributed by atoms with van der Waals surface area (Å²) < 4.78 is 6.23. The Morgan fingerprint density at radius 1 is 1.28 bits per heavy atom. The molecule has 0 aliphatic heterocycles. The van der Waals surface area contributed by atoms with Crippen LogP contribution in [0.4, 0.5) is 11.4 Å². The summed E-state index contributed by atoms with van der Waals surface area (Å²) in [5.74, 6) is -0.344. The highest BCUT2D eigenvalue weighted by molar-refractivity contribution is 6.03. The van der Waals surface area contributed by atoms with Crippen LogP contribution in [0.2, 0.25) is 0 Å². The first-order valence-corrected chi connectivity index (χ1v) is 8.25. The van der Waals surface area contributed by atoms with Crippen molar-refractivity contribution in [3.05, 3.63) is 58.8 Å². The summed E-state index contributed by atoms with van der Waals surface area (Å²) in [6.45, 7) is 6.15. The van der Waals surface area contributed by atoms with E-state index in [0.717, 1.165) is 25.2 Å². The SMILES string of the molecule is CCCN(CC)c1ccc(NC(=O)c2cnc3occn3c2=O)cc1. The molecule has 0 aliphatic rings. The molecule has 0 aliphatic carbocycles. The maximum absolute atomic E-state index is 12.4. The number of benzene rings is 1. The van der Waals surface area contributed by atoms with Crippen molar-refractivity contribution in [3.63, 3.8) is 0 Å². The minimum Gasteiger partial charge on any atom is -0.432 e. The van der Waals surface area contributed by atoms with Gasteiger partial charge in [-0.1, -0.05) is 6.92 Å². The Labute approximate surface area is 144 Å². The highest BCUT2D eigenvalue weighted by Crippen LogP contribution is 2.18. The van der Waals surface area contributed by atoms with Gasteiger partial charge in [-0.2, -0.15) is 0 Å². The molecule has 0 bridgehead atoms. The second-order valence-corrected chi connectivity index (χ2v) is 5.61. The maximum atomic E-state index is 12.4. The Hall–Kier alpha value is -3.09. The van der Waals surface area contributed by atoms with E-state index in [9.17, 15) is 9.59 Å². The van der Waals surface area contributed by atoms with Crippen LogP contribution in [-0.2, 0) is 0 Å². The zero-order valence-corrected chi connectivity index (χ0v) is 14.2. The third kappa shape index (κ3) is 3.40. The summed E-state index contributed by atoms with van der Waals surface area (Å²) >= 11 is 0. The van der Waals surface area contributed by atoms with Gasteiger partial charge >= 0.3 is 5.84 Å². The fraction of sp³-hybridized carbons (Fsp3) is 0.278. The average molecular weight is 340 g/mol. The molecule has 3 aromatic rings. The third-order valence-corrected chi connectivity index (χ3v) is 3.95. The van der Waals surface area contributed by atoms with Crippen molar-refractivity contribution in [2.24, 2.45) is 0 Å². The van der Waals surface area contributed by atoms with Crippen LogP contribution in [0.1, 0.15) is 30.6 Å². The van der Waals surface area contributed by atoms with Crippen LogP contribution in [0.25, 0.3) is 5.84 Å². The second kappa shape index (κ2) is 7.21. The first-order chi connectivity index (χ1) is 12.1. The molecule has 1 aromatic carbocycles. The van der Waals surface area contributed by atoms with Crippen LogP contribution < -0.4 is 15.8 Å². The van der Waals surface area contributed by atoms with Gasteiger partial charge in [0.1, 0.15) is 11.8 Å². The van der Waals surface area contributed by atoms with Gasteiger partial charge in [-0.15, -0.1) is 0 Å². The lowest BCUT2D eigenvalue weighted by Crippen LogP contribution is -2.26. The number of rotatable bonds is 6. The van der Waals surface area contributed by atoms with Crippen LogP contribution in [0.3, 0.4) is 0 Å². The Bertz CT molecular complexity index is 927. The molecule has 0 atom stereocenters. The van der Waals surface area contributed by atoms with Crippen LogP contribution in [-0.4, -0.2) is 28.4 Å². The van der Waals surface area contributed by atoms with Crippen molar-refractivity contribution in [1.82, 2.24) is 9.38 Å². The van der Waals surface area contributed by atoms with E-state index in [2.05, 4.69) is 29.0 Å². The Morgan fingerprint density at radius 2 is 2.04 bits per heavy atom. The Kier molecular flexibility index (Phi) is 4.83. The summed E-state index contributed by atoms with van der Waals surface area (Å²) in [6.07, 6.45) is 5.08. The number of carbonyl (C=O) groups excluding carboxylic acids is 1. The number of hydrogen-bond acceptors (Lipinski definition) is 5. The Morgan fingerprint density at radius 3 is 2.72 bits per heavy atom. The number of nitrogens with zero attached hydrogens (tertiary/aromatic N) is 3. The molecule has 1 amide bonds. The number of anilines is 2. The van der Waals surface area contributed by atoms with Crippen LogP contribution >= 0.6 is 0 Å². The molecule has 0 radical (unpaired) electrons. The normalized spacial score (nSPS) is 10.8. The fourth-order valence-corrected chi connectivity index (χ4v) is 2.67. The third-order valence-electron chi connectivity index (χ3n) is 3.95. The highest BCUT2D eigenvalue weighted by atomic mass is 16.3. The molecule has 0 saturated carbocycles. The number of carbonyl (C=O) groups is 1. The molecule has 7 nitrogen and oxygen atoms in total. The second-order valence-electron chi connectivity index (χ2n) is 5.61. The molecule has 0 unspecified atom stereocenters. The number of amides is 1. The van der Waals surface area contributed by atoms with E-state index in [1.807, 2.05) is 24.3 Å². The number of hydrogen-bond donors (Lipinski definition) is 1. The zero-order chi connectivity index (χ0) is 17.8. The topological polar surface area (TPSA) is 79.8 Å². The van der Waals surface area contributed by atoms with E-state index >= 15 is 0 Å². The van der Waals surface area contributed by atoms with Crippen LogP contribution in [0.15, 0.2) is 52.1 Å². The van der Waals surface area contributed by atoms with Crippen LogP contribution in [0.5, 0.6) is 0 Å². The van der Waals surface area contributed by atoms with Gasteiger partial charge in [0.05, 0.1) is 12.4 Å². The van der Waals surface area contributed by atoms with Gasteiger partial charge < -0.3 is 14.6 Å². The first-order valence-electron chi connectivity index (χ1n) is 8.25. The zero-order valence-electron chi connectivity index (χ0n) is 14.2. The van der Waals surface area contributed by atoms with Crippen molar-refractivity contribution in [2.45, 2.75) is 20.3 Å². The highest BCUT2D eigenvalue weighted by Gasteiger charge is 2.14. The summed E-state index contributed by atoms with van der Waals surface area (Å²) in [6, 6.07) is 7.57. The van der Waals surface area contributed by atoms with Crippen molar-refractivity contribution in [3.8, 4) is 0 Å². The quantitative estimate of drug-likeness (QED) is 0.746. The number of nitrogens with one attached hydrogen (secondary N) is 1. The summed E-state index contributed by atoms with van der Waals surface area (Å²) in [5, 5.41) is 2.73.